The number of nitrogens with zero attached hydrogens (tertiary/aromatic N) is 3. The maximum atomic E-state index is 13.9. The summed E-state index contributed by atoms with van der Waals surface area (Å²) in [4.78, 5) is 20.9. The number of likely N-dealkylation sites (tertiary alicyclic amines) is 1. The second kappa shape index (κ2) is 12.2. The van der Waals surface area contributed by atoms with Gasteiger partial charge >= 0.3 is 0 Å². The average Bonchev–Trinajstić information content (AvgIpc) is 3.34. The number of carbonyl (C=O) groups excluding carboxylic acids is 1. The van der Waals surface area contributed by atoms with Crippen molar-refractivity contribution in [2.75, 3.05) is 38.6 Å². The third-order valence-electron chi connectivity index (χ3n) is 8.69. The molecule has 2 atom stereocenters. The highest BCUT2D eigenvalue weighted by Crippen LogP contribution is 2.37. The first kappa shape index (κ1) is 26.5. The van der Waals surface area contributed by atoms with E-state index in [-0.39, 0.29) is 5.91 Å². The van der Waals surface area contributed by atoms with Gasteiger partial charge in [-0.3, -0.25) is 9.69 Å². The van der Waals surface area contributed by atoms with Gasteiger partial charge in [-0.15, -0.1) is 0 Å². The van der Waals surface area contributed by atoms with E-state index in [9.17, 15) is 4.79 Å². The van der Waals surface area contributed by atoms with Gasteiger partial charge < -0.3 is 9.80 Å². The second-order valence-electron chi connectivity index (χ2n) is 11.6. The average molecular weight is 510 g/mol. The van der Waals surface area contributed by atoms with Crippen molar-refractivity contribution in [3.63, 3.8) is 0 Å². The Morgan fingerprint density at radius 1 is 0.842 bits per heavy atom. The molecule has 1 aliphatic carbocycles. The summed E-state index contributed by atoms with van der Waals surface area (Å²) >= 11 is 0. The summed E-state index contributed by atoms with van der Waals surface area (Å²) in [7, 11) is 4.17. The Bertz CT molecular complexity index is 1180. The molecule has 1 aliphatic heterocycles. The summed E-state index contributed by atoms with van der Waals surface area (Å²) in [6.07, 6.45) is 6.00. The quantitative estimate of drug-likeness (QED) is 0.336. The fraction of sp³-hybridized carbons (Fsp3) is 0.441. The minimum atomic E-state index is 0.207. The van der Waals surface area contributed by atoms with Gasteiger partial charge in [0, 0.05) is 63.5 Å². The monoisotopic (exact) mass is 509 g/mol. The first-order valence-electron chi connectivity index (χ1n) is 14.4. The molecule has 2 fully saturated rings. The van der Waals surface area contributed by atoms with Crippen LogP contribution in [0.25, 0.3) is 0 Å². The van der Waals surface area contributed by atoms with Crippen molar-refractivity contribution in [3.8, 4) is 0 Å². The lowest BCUT2D eigenvalue weighted by molar-refractivity contribution is 0.0588. The minimum absolute atomic E-state index is 0.207. The third-order valence-corrected chi connectivity index (χ3v) is 8.69. The van der Waals surface area contributed by atoms with Crippen molar-refractivity contribution >= 4 is 11.6 Å². The van der Waals surface area contributed by atoms with Crippen molar-refractivity contribution in [1.29, 1.82) is 0 Å². The van der Waals surface area contributed by atoms with E-state index in [1.807, 2.05) is 30.3 Å². The molecule has 1 heterocycles. The van der Waals surface area contributed by atoms with Crippen molar-refractivity contribution in [3.05, 3.63) is 101 Å². The molecule has 1 saturated heterocycles. The van der Waals surface area contributed by atoms with E-state index in [2.05, 4.69) is 84.2 Å². The van der Waals surface area contributed by atoms with Crippen LogP contribution in [0.15, 0.2) is 78.9 Å². The van der Waals surface area contributed by atoms with Gasteiger partial charge in [0.2, 0.25) is 0 Å². The molecule has 3 aromatic carbocycles. The predicted molar refractivity (Wildman–Crippen MR) is 158 cm³/mol. The molecule has 38 heavy (non-hydrogen) atoms. The summed E-state index contributed by atoms with van der Waals surface area (Å²) in [5.41, 5.74) is 6.20. The SMILES string of the molecule is Cc1ccccc1C1CN(Cc2ccc(N(C)C)cc2)CC1CN(C(=O)c1ccccc1)C1CCCCC1. The summed E-state index contributed by atoms with van der Waals surface area (Å²) < 4.78 is 0. The maximum absolute atomic E-state index is 13.9. The Kier molecular flexibility index (Phi) is 8.48. The molecule has 1 amide bonds. The zero-order valence-electron chi connectivity index (χ0n) is 23.4. The van der Waals surface area contributed by atoms with Gasteiger partial charge in [0.1, 0.15) is 0 Å². The van der Waals surface area contributed by atoms with Crippen LogP contribution in [0.5, 0.6) is 0 Å². The van der Waals surface area contributed by atoms with Gasteiger partial charge in [0.05, 0.1) is 0 Å². The van der Waals surface area contributed by atoms with E-state index >= 15 is 0 Å². The molecule has 0 aromatic heterocycles. The number of carbonyl (C=O) groups is 1. The van der Waals surface area contributed by atoms with Crippen molar-refractivity contribution in [2.24, 2.45) is 5.92 Å². The molecule has 2 aliphatic rings. The molecule has 3 aromatic rings. The molecule has 1 saturated carbocycles. The third kappa shape index (κ3) is 6.13. The van der Waals surface area contributed by atoms with Crippen LogP contribution in [0.4, 0.5) is 5.69 Å². The Morgan fingerprint density at radius 2 is 1.53 bits per heavy atom. The molecular formula is C34H43N3O. The molecule has 0 spiro atoms. The topological polar surface area (TPSA) is 26.8 Å². The number of benzene rings is 3. The fourth-order valence-electron chi connectivity index (χ4n) is 6.58. The Morgan fingerprint density at radius 3 is 2.21 bits per heavy atom. The van der Waals surface area contributed by atoms with Gasteiger partial charge in [-0.25, -0.2) is 0 Å². The van der Waals surface area contributed by atoms with Crippen molar-refractivity contribution < 1.29 is 4.79 Å². The standard InChI is InChI=1S/C34H43N3O/c1-26-12-10-11-17-32(26)33-25-36(22-27-18-20-30(21-19-27)35(2)3)23-29(33)24-37(31-15-8-5-9-16-31)34(38)28-13-6-4-7-14-28/h4,6-7,10-14,17-21,29,31,33H,5,8-9,15-16,22-25H2,1-3H3. The maximum Gasteiger partial charge on any atom is 0.254 e. The first-order chi connectivity index (χ1) is 18.5. The lowest BCUT2D eigenvalue weighted by Crippen LogP contribution is -2.45. The summed E-state index contributed by atoms with van der Waals surface area (Å²) in [6.45, 7) is 6.06. The Labute approximate surface area is 229 Å². The van der Waals surface area contributed by atoms with Crippen molar-refractivity contribution in [2.45, 2.75) is 57.5 Å². The molecular weight excluding hydrogens is 466 g/mol. The smallest absolute Gasteiger partial charge is 0.254 e. The minimum Gasteiger partial charge on any atom is -0.378 e. The lowest BCUT2D eigenvalue weighted by atomic mass is 9.85. The largest absolute Gasteiger partial charge is 0.378 e. The molecule has 4 heteroatoms. The number of anilines is 1. The van der Waals surface area contributed by atoms with Gasteiger partial charge in [0.15, 0.2) is 0 Å². The molecule has 4 nitrogen and oxygen atoms in total. The first-order valence-corrected chi connectivity index (χ1v) is 14.4. The Hall–Kier alpha value is -3.11. The van der Waals surface area contributed by atoms with Crippen LogP contribution in [-0.4, -0.2) is 55.5 Å². The van der Waals surface area contributed by atoms with E-state index in [1.54, 1.807) is 0 Å². The zero-order valence-corrected chi connectivity index (χ0v) is 23.4. The highest BCUT2D eigenvalue weighted by molar-refractivity contribution is 5.94. The van der Waals surface area contributed by atoms with Gasteiger partial charge in [-0.1, -0.05) is 73.9 Å². The van der Waals surface area contributed by atoms with Gasteiger partial charge in [0.25, 0.3) is 5.91 Å². The van der Waals surface area contributed by atoms with Crippen LogP contribution in [0.3, 0.4) is 0 Å². The lowest BCUT2D eigenvalue weighted by Gasteiger charge is -2.37. The number of hydrogen-bond donors (Lipinski definition) is 0. The fourth-order valence-corrected chi connectivity index (χ4v) is 6.58. The highest BCUT2D eigenvalue weighted by Gasteiger charge is 2.38. The van der Waals surface area contributed by atoms with Crippen LogP contribution in [0.1, 0.15) is 65.1 Å². The van der Waals surface area contributed by atoms with E-state index in [4.69, 9.17) is 0 Å². The molecule has 0 bridgehead atoms. The van der Waals surface area contributed by atoms with Crippen LogP contribution < -0.4 is 4.90 Å². The van der Waals surface area contributed by atoms with Crippen LogP contribution in [0, 0.1) is 12.8 Å². The van der Waals surface area contributed by atoms with Crippen LogP contribution >= 0.6 is 0 Å². The number of aryl methyl sites for hydroxylation is 1. The van der Waals surface area contributed by atoms with Crippen molar-refractivity contribution in [1.82, 2.24) is 9.80 Å². The number of amides is 1. The molecule has 200 valence electrons. The number of rotatable bonds is 8. The van der Waals surface area contributed by atoms with Gasteiger partial charge in [-0.05, 0) is 66.6 Å². The zero-order chi connectivity index (χ0) is 26.5. The predicted octanol–water partition coefficient (Wildman–Crippen LogP) is 6.75. The van der Waals surface area contributed by atoms with E-state index < -0.39 is 0 Å². The summed E-state index contributed by atoms with van der Waals surface area (Å²) in [5.74, 6) is 1.04. The van der Waals surface area contributed by atoms with Crippen LogP contribution in [0.2, 0.25) is 0 Å². The molecule has 0 radical (unpaired) electrons. The van der Waals surface area contributed by atoms with Crippen LogP contribution in [-0.2, 0) is 6.54 Å². The van der Waals surface area contributed by atoms with E-state index in [1.165, 1.54) is 41.6 Å². The summed E-state index contributed by atoms with van der Waals surface area (Å²) in [5, 5.41) is 0. The number of hydrogen-bond acceptors (Lipinski definition) is 3. The Balaban J connectivity index is 1.40. The summed E-state index contributed by atoms with van der Waals surface area (Å²) in [6, 6.07) is 28.1. The highest BCUT2D eigenvalue weighted by atomic mass is 16.2. The van der Waals surface area contributed by atoms with E-state index in [0.717, 1.165) is 44.6 Å². The normalized spacial score (nSPS) is 20.4. The second-order valence-corrected chi connectivity index (χ2v) is 11.6. The molecule has 0 N–H and O–H groups in total. The molecule has 2 unspecified atom stereocenters. The van der Waals surface area contributed by atoms with E-state index in [0.29, 0.717) is 17.9 Å². The molecule has 5 rings (SSSR count). The van der Waals surface area contributed by atoms with Gasteiger partial charge in [-0.2, -0.15) is 0 Å².